The van der Waals surface area contributed by atoms with Crippen LogP contribution >= 0.6 is 0 Å². The number of para-hydroxylation sites is 1. The molecule has 0 aromatic heterocycles. The van der Waals surface area contributed by atoms with Gasteiger partial charge in [0, 0.05) is 6.08 Å². The molecule has 1 aromatic carbocycles. The first kappa shape index (κ1) is 9.25. The van der Waals surface area contributed by atoms with Crippen molar-refractivity contribution in [2.75, 3.05) is 6.61 Å². The van der Waals surface area contributed by atoms with Crippen LogP contribution in [0.15, 0.2) is 42.6 Å². The van der Waals surface area contributed by atoms with E-state index in [0.29, 0.717) is 5.75 Å². The van der Waals surface area contributed by atoms with E-state index in [4.69, 9.17) is 4.74 Å². The lowest BCUT2D eigenvalue weighted by Gasteiger charge is -1.99. The third kappa shape index (κ3) is 3.91. The largest absolute Gasteiger partial charge is 0.489 e. The lowest BCUT2D eigenvalue weighted by Crippen LogP contribution is -1.94. The number of benzene rings is 1. The van der Waals surface area contributed by atoms with E-state index in [0.717, 1.165) is 6.20 Å². The van der Waals surface area contributed by atoms with Crippen molar-refractivity contribution < 1.29 is 9.66 Å². The number of rotatable bonds is 4. The highest BCUT2D eigenvalue weighted by molar-refractivity contribution is 5.21. The first-order valence-corrected chi connectivity index (χ1v) is 3.77. The summed E-state index contributed by atoms with van der Waals surface area (Å²) in [6.07, 6.45) is 2.22. The van der Waals surface area contributed by atoms with Crippen molar-refractivity contribution in [3.63, 3.8) is 0 Å². The van der Waals surface area contributed by atoms with E-state index in [9.17, 15) is 10.1 Å². The van der Waals surface area contributed by atoms with Crippen LogP contribution in [0.2, 0.25) is 0 Å². The van der Waals surface area contributed by atoms with Crippen LogP contribution in [0.5, 0.6) is 5.75 Å². The van der Waals surface area contributed by atoms with E-state index in [2.05, 4.69) is 0 Å². The molecule has 13 heavy (non-hydrogen) atoms. The quantitative estimate of drug-likeness (QED) is 0.523. The van der Waals surface area contributed by atoms with Gasteiger partial charge in [-0.15, -0.1) is 0 Å². The molecule has 0 aliphatic heterocycles. The van der Waals surface area contributed by atoms with Crippen molar-refractivity contribution in [1.82, 2.24) is 0 Å². The van der Waals surface area contributed by atoms with Gasteiger partial charge in [0.2, 0.25) is 6.20 Å². The molecule has 0 N–H and O–H groups in total. The zero-order chi connectivity index (χ0) is 9.52. The number of ether oxygens (including phenoxy) is 1. The highest BCUT2D eigenvalue weighted by atomic mass is 16.6. The van der Waals surface area contributed by atoms with E-state index in [1.54, 1.807) is 12.1 Å². The van der Waals surface area contributed by atoms with Gasteiger partial charge in [-0.05, 0) is 12.1 Å². The average molecular weight is 179 g/mol. The maximum absolute atomic E-state index is 9.87. The van der Waals surface area contributed by atoms with E-state index in [1.165, 1.54) is 6.08 Å². The Kier molecular flexibility index (Phi) is 3.50. The molecule has 0 atom stereocenters. The molecule has 68 valence electrons. The monoisotopic (exact) mass is 179 g/mol. The molecule has 0 spiro atoms. The first-order chi connectivity index (χ1) is 6.29. The van der Waals surface area contributed by atoms with E-state index in [1.807, 2.05) is 18.2 Å². The van der Waals surface area contributed by atoms with Crippen LogP contribution in [0.25, 0.3) is 0 Å². The third-order valence-electron chi connectivity index (χ3n) is 1.32. The molecular weight excluding hydrogens is 170 g/mol. The van der Waals surface area contributed by atoms with Crippen LogP contribution in [0, 0.1) is 10.1 Å². The summed E-state index contributed by atoms with van der Waals surface area (Å²) in [6.45, 7) is 0.213. The Balaban J connectivity index is 2.32. The van der Waals surface area contributed by atoms with Gasteiger partial charge >= 0.3 is 0 Å². The van der Waals surface area contributed by atoms with Gasteiger partial charge in [-0.25, -0.2) is 0 Å². The second-order valence-corrected chi connectivity index (χ2v) is 2.29. The predicted molar refractivity (Wildman–Crippen MR) is 48.1 cm³/mol. The van der Waals surface area contributed by atoms with Gasteiger partial charge in [0.25, 0.3) is 0 Å². The molecule has 0 radical (unpaired) electrons. The molecule has 0 saturated heterocycles. The van der Waals surface area contributed by atoms with Gasteiger partial charge in [0.1, 0.15) is 12.4 Å². The van der Waals surface area contributed by atoms with Gasteiger partial charge in [-0.1, -0.05) is 18.2 Å². The standard InChI is InChI=1S/C9H9NO3/c11-10(12)7-4-8-13-9-5-2-1-3-6-9/h1-7H,8H2/b7-4+. The number of hydrogen-bond acceptors (Lipinski definition) is 3. The zero-order valence-electron chi connectivity index (χ0n) is 6.92. The minimum atomic E-state index is -0.519. The molecule has 0 fully saturated rings. The third-order valence-corrected chi connectivity index (χ3v) is 1.32. The fourth-order valence-electron chi connectivity index (χ4n) is 0.790. The van der Waals surface area contributed by atoms with Gasteiger partial charge in [0.15, 0.2) is 0 Å². The van der Waals surface area contributed by atoms with E-state index >= 15 is 0 Å². The van der Waals surface area contributed by atoms with E-state index < -0.39 is 4.92 Å². The molecule has 0 aliphatic carbocycles. The maximum Gasteiger partial charge on any atom is 0.233 e. The molecule has 0 unspecified atom stereocenters. The fourth-order valence-corrected chi connectivity index (χ4v) is 0.790. The Morgan fingerprint density at radius 3 is 2.69 bits per heavy atom. The van der Waals surface area contributed by atoms with Crippen molar-refractivity contribution >= 4 is 0 Å². The highest BCUT2D eigenvalue weighted by Crippen LogP contribution is 2.07. The number of nitrogens with zero attached hydrogens (tertiary/aromatic N) is 1. The summed E-state index contributed by atoms with van der Waals surface area (Å²) in [6, 6.07) is 9.14. The van der Waals surface area contributed by atoms with Crippen LogP contribution in [-0.4, -0.2) is 11.5 Å². The Morgan fingerprint density at radius 2 is 2.08 bits per heavy atom. The molecule has 1 aromatic rings. The molecule has 0 amide bonds. The Hall–Kier alpha value is -1.84. The smallest absolute Gasteiger partial charge is 0.233 e. The lowest BCUT2D eigenvalue weighted by molar-refractivity contribution is -0.402. The summed E-state index contributed by atoms with van der Waals surface area (Å²) < 4.78 is 5.17. The van der Waals surface area contributed by atoms with Crippen LogP contribution in [0.1, 0.15) is 0 Å². The summed E-state index contributed by atoms with van der Waals surface area (Å²) in [5.41, 5.74) is 0. The average Bonchev–Trinajstić information content (AvgIpc) is 2.14. The fraction of sp³-hybridized carbons (Fsp3) is 0.111. The second kappa shape index (κ2) is 4.92. The normalized spacial score (nSPS) is 10.2. The Bertz CT molecular complexity index is 295. The molecule has 0 heterocycles. The molecule has 4 heteroatoms. The van der Waals surface area contributed by atoms with E-state index in [-0.39, 0.29) is 6.61 Å². The molecule has 0 saturated carbocycles. The Morgan fingerprint density at radius 1 is 1.38 bits per heavy atom. The first-order valence-electron chi connectivity index (χ1n) is 3.77. The summed E-state index contributed by atoms with van der Waals surface area (Å²) in [7, 11) is 0. The summed E-state index contributed by atoms with van der Waals surface area (Å²) in [5, 5.41) is 9.87. The molecule has 4 nitrogen and oxygen atoms in total. The predicted octanol–water partition coefficient (Wildman–Crippen LogP) is 1.86. The Labute approximate surface area is 75.6 Å². The van der Waals surface area contributed by atoms with Gasteiger partial charge in [-0.3, -0.25) is 10.1 Å². The molecule has 0 aliphatic rings. The molecule has 0 bridgehead atoms. The van der Waals surface area contributed by atoms with Crippen molar-refractivity contribution in [2.45, 2.75) is 0 Å². The second-order valence-electron chi connectivity index (χ2n) is 2.29. The minimum Gasteiger partial charge on any atom is -0.489 e. The van der Waals surface area contributed by atoms with Crippen LogP contribution < -0.4 is 4.74 Å². The number of hydrogen-bond donors (Lipinski definition) is 0. The summed E-state index contributed by atoms with van der Waals surface area (Å²) in [5.74, 6) is 0.704. The topological polar surface area (TPSA) is 52.4 Å². The van der Waals surface area contributed by atoms with Gasteiger partial charge in [-0.2, -0.15) is 0 Å². The number of nitro groups is 1. The lowest BCUT2D eigenvalue weighted by atomic mass is 10.3. The minimum absolute atomic E-state index is 0.213. The van der Waals surface area contributed by atoms with Crippen LogP contribution in [-0.2, 0) is 0 Å². The zero-order valence-corrected chi connectivity index (χ0v) is 6.92. The van der Waals surface area contributed by atoms with Crippen LogP contribution in [0.3, 0.4) is 0 Å². The van der Waals surface area contributed by atoms with Crippen molar-refractivity contribution in [3.05, 3.63) is 52.7 Å². The van der Waals surface area contributed by atoms with Gasteiger partial charge < -0.3 is 4.74 Å². The van der Waals surface area contributed by atoms with Crippen molar-refractivity contribution in [2.24, 2.45) is 0 Å². The molecular formula is C9H9NO3. The maximum atomic E-state index is 9.87. The molecule has 1 rings (SSSR count). The van der Waals surface area contributed by atoms with Gasteiger partial charge in [0.05, 0.1) is 4.92 Å². The van der Waals surface area contributed by atoms with Crippen LogP contribution in [0.4, 0.5) is 0 Å². The SMILES string of the molecule is O=[N+]([O-])/C=C/COc1ccccc1. The van der Waals surface area contributed by atoms with Crippen molar-refractivity contribution in [1.29, 1.82) is 0 Å². The summed E-state index contributed by atoms with van der Waals surface area (Å²) in [4.78, 5) is 9.35. The van der Waals surface area contributed by atoms with Crippen molar-refractivity contribution in [3.8, 4) is 5.75 Å². The highest BCUT2D eigenvalue weighted by Gasteiger charge is 1.89. The summed E-state index contributed by atoms with van der Waals surface area (Å²) >= 11 is 0.